The predicted octanol–water partition coefficient (Wildman–Crippen LogP) is 9.66. The minimum atomic E-state index is 0. The first-order valence-electron chi connectivity index (χ1n) is 15.4. The number of rotatable bonds is 24. The number of carbonyl (C=O) groups is 1. The fourth-order valence-corrected chi connectivity index (χ4v) is 5.25. The van der Waals surface area contributed by atoms with Gasteiger partial charge in [-0.15, -0.1) is 0 Å². The normalized spacial score (nSPS) is 12.2. The standard InChI is InChI=1S/C32H64N2O.CH3/c1-7-8-9-10-11-12-13-14-15-16-17-18-19-20-21-22-23-24-25-27-31(35)33-28-26-29-34(5,6)30-32(2,3)4;/h14-15H,7-13,16-30H2,1-6H3;1H3/q;-1/p+1/b15-14-;. The van der Waals surface area contributed by atoms with Crippen LogP contribution in [-0.2, 0) is 4.79 Å². The Labute approximate surface area is 228 Å². The van der Waals surface area contributed by atoms with Crippen molar-refractivity contribution in [1.82, 2.24) is 5.32 Å². The molecule has 0 aromatic heterocycles. The smallest absolute Gasteiger partial charge is 0.219 e. The zero-order valence-electron chi connectivity index (χ0n) is 26.1. The third kappa shape index (κ3) is 29.4. The maximum absolute atomic E-state index is 12.1. The molecule has 3 heteroatoms. The summed E-state index contributed by atoms with van der Waals surface area (Å²) >= 11 is 0. The van der Waals surface area contributed by atoms with E-state index in [0.29, 0.717) is 11.8 Å². The lowest BCUT2D eigenvalue weighted by atomic mass is 9.95. The number of unbranched alkanes of at least 4 members (excludes halogenated alkanes) is 15. The molecule has 0 unspecified atom stereocenters. The SMILES string of the molecule is CCCCCCCC/C=C\CCCCCCCCCCCC(=O)NCCC[N+](C)(C)CC(C)(C)C.[CH3-]. The van der Waals surface area contributed by atoms with E-state index in [2.05, 4.69) is 59.3 Å². The maximum Gasteiger partial charge on any atom is 0.219 e. The quantitative estimate of drug-likeness (QED) is 0.0597. The molecule has 0 aliphatic heterocycles. The Balaban J connectivity index is 0. The highest BCUT2D eigenvalue weighted by Gasteiger charge is 2.23. The Bertz CT molecular complexity index is 504. The van der Waals surface area contributed by atoms with Crippen LogP contribution in [0.4, 0.5) is 0 Å². The monoisotopic (exact) mass is 509 g/mol. The van der Waals surface area contributed by atoms with E-state index in [4.69, 9.17) is 0 Å². The lowest BCUT2D eigenvalue weighted by Gasteiger charge is -2.35. The van der Waals surface area contributed by atoms with Crippen molar-refractivity contribution in [2.75, 3.05) is 33.7 Å². The van der Waals surface area contributed by atoms with Gasteiger partial charge in [0.1, 0.15) is 0 Å². The number of allylic oxidation sites excluding steroid dienone is 2. The molecule has 0 aliphatic carbocycles. The Morgan fingerprint density at radius 3 is 1.61 bits per heavy atom. The van der Waals surface area contributed by atoms with Gasteiger partial charge in [0.15, 0.2) is 0 Å². The van der Waals surface area contributed by atoms with Crippen molar-refractivity contribution in [2.24, 2.45) is 5.41 Å². The van der Waals surface area contributed by atoms with Crippen molar-refractivity contribution < 1.29 is 9.28 Å². The molecule has 0 bridgehead atoms. The fraction of sp³-hybridized carbons (Fsp3) is 0.879. The van der Waals surface area contributed by atoms with Crippen molar-refractivity contribution in [2.45, 2.75) is 150 Å². The van der Waals surface area contributed by atoms with Gasteiger partial charge in [-0.2, -0.15) is 0 Å². The van der Waals surface area contributed by atoms with Crippen molar-refractivity contribution in [1.29, 1.82) is 0 Å². The van der Waals surface area contributed by atoms with Crippen molar-refractivity contribution >= 4 is 5.91 Å². The third-order valence-corrected chi connectivity index (χ3v) is 6.83. The van der Waals surface area contributed by atoms with E-state index < -0.39 is 0 Å². The first-order valence-corrected chi connectivity index (χ1v) is 15.4. The van der Waals surface area contributed by atoms with Gasteiger partial charge in [-0.3, -0.25) is 4.79 Å². The predicted molar refractivity (Wildman–Crippen MR) is 163 cm³/mol. The third-order valence-electron chi connectivity index (χ3n) is 6.83. The molecule has 3 nitrogen and oxygen atoms in total. The van der Waals surface area contributed by atoms with Gasteiger partial charge in [-0.1, -0.05) is 117 Å². The molecule has 0 atom stereocenters. The second-order valence-corrected chi connectivity index (χ2v) is 12.8. The van der Waals surface area contributed by atoms with E-state index in [-0.39, 0.29) is 13.3 Å². The van der Waals surface area contributed by atoms with E-state index in [1.54, 1.807) is 0 Å². The van der Waals surface area contributed by atoms with Gasteiger partial charge < -0.3 is 17.2 Å². The summed E-state index contributed by atoms with van der Waals surface area (Å²) in [4.78, 5) is 12.1. The molecule has 0 fully saturated rings. The first-order chi connectivity index (χ1) is 16.7. The maximum atomic E-state index is 12.1. The summed E-state index contributed by atoms with van der Waals surface area (Å²) in [5.74, 6) is 0.243. The Kier molecular flexibility index (Phi) is 25.4. The van der Waals surface area contributed by atoms with Crippen LogP contribution in [0.25, 0.3) is 0 Å². The van der Waals surface area contributed by atoms with Gasteiger partial charge >= 0.3 is 0 Å². The number of hydrogen-bond acceptors (Lipinski definition) is 1. The van der Waals surface area contributed by atoms with Gasteiger partial charge in [0.25, 0.3) is 0 Å². The zero-order valence-corrected chi connectivity index (χ0v) is 26.1. The number of nitrogens with one attached hydrogen (secondary N) is 1. The number of amides is 1. The van der Waals surface area contributed by atoms with Gasteiger partial charge in [0.2, 0.25) is 5.91 Å². The van der Waals surface area contributed by atoms with Gasteiger partial charge in [0, 0.05) is 24.8 Å². The largest absolute Gasteiger partial charge is 0.358 e. The molecule has 216 valence electrons. The molecular weight excluding hydrogens is 440 g/mol. The van der Waals surface area contributed by atoms with Crippen molar-refractivity contribution in [3.05, 3.63) is 19.6 Å². The second kappa shape index (κ2) is 24.5. The highest BCUT2D eigenvalue weighted by atomic mass is 16.1. The summed E-state index contributed by atoms with van der Waals surface area (Å²) in [7, 11) is 4.59. The lowest BCUT2D eigenvalue weighted by Crippen LogP contribution is -2.47. The molecule has 0 heterocycles. The van der Waals surface area contributed by atoms with Gasteiger partial charge in [0.05, 0.1) is 27.2 Å². The van der Waals surface area contributed by atoms with Crippen LogP contribution in [0.5, 0.6) is 0 Å². The average Bonchev–Trinajstić information content (AvgIpc) is 2.76. The number of quaternary nitrogens is 1. The van der Waals surface area contributed by atoms with Crippen LogP contribution in [-0.4, -0.2) is 44.1 Å². The summed E-state index contributed by atoms with van der Waals surface area (Å²) in [5.41, 5.74) is 0.344. The summed E-state index contributed by atoms with van der Waals surface area (Å²) in [5, 5.41) is 3.12. The van der Waals surface area contributed by atoms with Crippen molar-refractivity contribution in [3.63, 3.8) is 0 Å². The van der Waals surface area contributed by atoms with Crippen LogP contribution >= 0.6 is 0 Å². The summed E-state index contributed by atoms with van der Waals surface area (Å²) in [6.07, 6.45) is 29.3. The van der Waals surface area contributed by atoms with Crippen LogP contribution in [0.1, 0.15) is 150 Å². The second-order valence-electron chi connectivity index (χ2n) is 12.8. The first kappa shape index (κ1) is 37.3. The molecule has 0 aromatic rings. The van der Waals surface area contributed by atoms with E-state index in [1.807, 2.05) is 0 Å². The highest BCUT2D eigenvalue weighted by molar-refractivity contribution is 5.75. The summed E-state index contributed by atoms with van der Waals surface area (Å²) in [6.45, 7) is 12.3. The molecule has 0 saturated heterocycles. The number of hydrogen-bond donors (Lipinski definition) is 1. The topological polar surface area (TPSA) is 29.1 Å². The number of nitrogens with zero attached hydrogens (tertiary/aromatic N) is 1. The molecule has 0 aliphatic rings. The van der Waals surface area contributed by atoms with Gasteiger partial charge in [-0.25, -0.2) is 0 Å². The molecule has 0 aromatic carbocycles. The minimum Gasteiger partial charge on any atom is -0.358 e. The van der Waals surface area contributed by atoms with E-state index in [9.17, 15) is 4.79 Å². The van der Waals surface area contributed by atoms with Crippen LogP contribution in [0, 0.1) is 12.8 Å². The van der Waals surface area contributed by atoms with Crippen LogP contribution in [0.2, 0.25) is 0 Å². The summed E-state index contributed by atoms with van der Waals surface area (Å²) < 4.78 is 1.02. The minimum absolute atomic E-state index is 0. The van der Waals surface area contributed by atoms with Crippen LogP contribution in [0.3, 0.4) is 0 Å². The molecule has 1 amide bonds. The molecule has 1 N–H and O–H groups in total. The molecule has 0 radical (unpaired) electrons. The average molecular weight is 509 g/mol. The zero-order chi connectivity index (χ0) is 26.3. The summed E-state index contributed by atoms with van der Waals surface area (Å²) in [6, 6.07) is 0. The molecule has 0 spiro atoms. The number of carbonyl (C=O) groups excluding carboxylic acids is 1. The van der Waals surface area contributed by atoms with Crippen LogP contribution in [0.15, 0.2) is 12.2 Å². The van der Waals surface area contributed by atoms with Gasteiger partial charge in [-0.05, 0) is 32.1 Å². The molecular formula is C33H68N2O. The lowest BCUT2D eigenvalue weighted by molar-refractivity contribution is -0.896. The highest BCUT2D eigenvalue weighted by Crippen LogP contribution is 2.18. The fourth-order valence-electron chi connectivity index (χ4n) is 5.25. The Morgan fingerprint density at radius 1 is 0.694 bits per heavy atom. The Hall–Kier alpha value is -0.830. The molecule has 0 saturated carbocycles. The van der Waals surface area contributed by atoms with E-state index in [0.717, 1.165) is 37.0 Å². The van der Waals surface area contributed by atoms with Crippen LogP contribution < -0.4 is 5.32 Å². The van der Waals surface area contributed by atoms with E-state index >= 15 is 0 Å². The Morgan fingerprint density at radius 2 is 1.14 bits per heavy atom. The molecule has 0 rings (SSSR count). The molecule has 36 heavy (non-hydrogen) atoms. The van der Waals surface area contributed by atoms with Crippen molar-refractivity contribution in [3.8, 4) is 0 Å². The van der Waals surface area contributed by atoms with E-state index in [1.165, 1.54) is 103 Å².